The van der Waals surface area contributed by atoms with Crippen molar-refractivity contribution in [3.8, 4) is 0 Å². The van der Waals surface area contributed by atoms with Crippen LogP contribution in [0, 0.1) is 5.92 Å². The van der Waals surface area contributed by atoms with Gasteiger partial charge in [0.15, 0.2) is 0 Å². The molecule has 0 atom stereocenters. The van der Waals surface area contributed by atoms with Gasteiger partial charge in [0.25, 0.3) is 17.4 Å². The van der Waals surface area contributed by atoms with Crippen molar-refractivity contribution in [1.29, 1.82) is 0 Å². The van der Waals surface area contributed by atoms with E-state index in [4.69, 9.17) is 27.1 Å². The Bertz CT molecular complexity index is 1200. The van der Waals surface area contributed by atoms with E-state index < -0.39 is 5.97 Å². The second-order valence-electron chi connectivity index (χ2n) is 8.71. The summed E-state index contributed by atoms with van der Waals surface area (Å²) in [6, 6.07) is 5.51. The number of aromatic nitrogens is 2. The summed E-state index contributed by atoms with van der Waals surface area (Å²) in [4.78, 5) is 46.9. The fourth-order valence-corrected chi connectivity index (χ4v) is 5.14. The fraction of sp³-hybridized carbons (Fsp3) is 0.458. The molecule has 0 unspecified atom stereocenters. The second kappa shape index (κ2) is 11.8. The molecule has 35 heavy (non-hydrogen) atoms. The Hall–Kier alpha value is -2.76. The lowest BCUT2D eigenvalue weighted by Gasteiger charge is -2.35. The highest BCUT2D eigenvalue weighted by molar-refractivity contribution is 8.26. The molecule has 0 radical (unpaired) electrons. The third-order valence-corrected chi connectivity index (χ3v) is 6.94. The summed E-state index contributed by atoms with van der Waals surface area (Å²) >= 11 is 6.69. The van der Waals surface area contributed by atoms with Gasteiger partial charge in [0.05, 0.1) is 10.5 Å². The Balaban J connectivity index is 0.000000795. The van der Waals surface area contributed by atoms with Crippen LogP contribution in [-0.2, 0) is 9.59 Å². The highest BCUT2D eigenvalue weighted by Crippen LogP contribution is 2.34. The van der Waals surface area contributed by atoms with E-state index in [0.717, 1.165) is 39.6 Å². The van der Waals surface area contributed by atoms with E-state index in [9.17, 15) is 9.59 Å². The number of carbonyl (C=O) groups excluding carboxylic acids is 1. The lowest BCUT2D eigenvalue weighted by atomic mass is 10.2. The van der Waals surface area contributed by atoms with E-state index in [-0.39, 0.29) is 11.5 Å². The Kier molecular flexibility index (Phi) is 9.03. The van der Waals surface area contributed by atoms with Gasteiger partial charge in [0.2, 0.25) is 0 Å². The summed E-state index contributed by atoms with van der Waals surface area (Å²) < 4.78 is 2.07. The number of aliphatic carboxylic acids is 1. The summed E-state index contributed by atoms with van der Waals surface area (Å²) in [7, 11) is 0. The lowest BCUT2D eigenvalue weighted by Crippen LogP contribution is -2.47. The number of piperazine rings is 1. The smallest absolute Gasteiger partial charge is 0.300 e. The maximum absolute atomic E-state index is 13.4. The molecule has 2 aliphatic rings. The van der Waals surface area contributed by atoms with Gasteiger partial charge < -0.3 is 14.9 Å². The molecule has 4 heterocycles. The predicted molar refractivity (Wildman–Crippen MR) is 144 cm³/mol. The number of pyridine rings is 1. The molecular weight excluding hydrogens is 486 g/mol. The Labute approximate surface area is 214 Å². The van der Waals surface area contributed by atoms with Crippen molar-refractivity contribution in [2.24, 2.45) is 5.92 Å². The largest absolute Gasteiger partial charge is 0.481 e. The van der Waals surface area contributed by atoms with Gasteiger partial charge in [0.1, 0.15) is 15.8 Å². The molecular formula is C24H31N5O4S2. The van der Waals surface area contributed by atoms with Crippen LogP contribution in [0.1, 0.15) is 33.3 Å². The molecule has 0 aromatic carbocycles. The van der Waals surface area contributed by atoms with E-state index in [1.165, 1.54) is 16.2 Å². The maximum Gasteiger partial charge on any atom is 0.300 e. The zero-order chi connectivity index (χ0) is 25.7. The summed E-state index contributed by atoms with van der Waals surface area (Å²) in [5.74, 6) is -0.0238. The molecule has 2 aromatic rings. The van der Waals surface area contributed by atoms with Crippen LogP contribution >= 0.6 is 24.0 Å². The number of amides is 1. The first-order valence-corrected chi connectivity index (χ1v) is 12.8. The molecule has 1 N–H and O–H groups in total. The van der Waals surface area contributed by atoms with Gasteiger partial charge in [-0.3, -0.25) is 23.7 Å². The van der Waals surface area contributed by atoms with Crippen molar-refractivity contribution in [3.05, 3.63) is 45.2 Å². The summed E-state index contributed by atoms with van der Waals surface area (Å²) in [6.45, 7) is 12.3. The zero-order valence-electron chi connectivity index (χ0n) is 20.4. The molecule has 4 rings (SSSR count). The van der Waals surface area contributed by atoms with Crippen molar-refractivity contribution in [2.45, 2.75) is 27.7 Å². The fourth-order valence-electron chi connectivity index (χ4n) is 3.89. The van der Waals surface area contributed by atoms with Gasteiger partial charge in [-0.1, -0.05) is 50.8 Å². The number of anilines is 1. The number of hydrogen-bond acceptors (Lipinski definition) is 8. The van der Waals surface area contributed by atoms with Gasteiger partial charge >= 0.3 is 0 Å². The predicted octanol–water partition coefficient (Wildman–Crippen LogP) is 2.78. The number of thiocarbonyl (C=S) groups is 1. The van der Waals surface area contributed by atoms with Crippen LogP contribution < -0.4 is 10.5 Å². The van der Waals surface area contributed by atoms with Crippen LogP contribution in [-0.4, -0.2) is 79.8 Å². The Morgan fingerprint density at radius 1 is 1.23 bits per heavy atom. The number of thioether (sulfide) groups is 1. The monoisotopic (exact) mass is 517 g/mol. The number of rotatable bonds is 5. The van der Waals surface area contributed by atoms with Crippen molar-refractivity contribution in [3.63, 3.8) is 0 Å². The Morgan fingerprint density at radius 2 is 1.89 bits per heavy atom. The maximum atomic E-state index is 13.4. The zero-order valence-corrected chi connectivity index (χ0v) is 22.1. The van der Waals surface area contributed by atoms with Gasteiger partial charge in [-0.25, -0.2) is 4.98 Å². The van der Waals surface area contributed by atoms with Crippen molar-refractivity contribution >= 4 is 57.7 Å². The molecule has 2 fully saturated rings. The quantitative estimate of drug-likeness (QED) is 0.474. The number of carboxylic acids is 1. The van der Waals surface area contributed by atoms with Gasteiger partial charge in [-0.05, 0) is 30.7 Å². The molecule has 2 aliphatic heterocycles. The molecule has 11 heteroatoms. The van der Waals surface area contributed by atoms with Crippen LogP contribution in [0.25, 0.3) is 11.7 Å². The first kappa shape index (κ1) is 26.8. The average Bonchev–Trinajstić information content (AvgIpc) is 3.07. The van der Waals surface area contributed by atoms with Crippen molar-refractivity contribution in [1.82, 2.24) is 19.2 Å². The first-order chi connectivity index (χ1) is 16.6. The highest BCUT2D eigenvalue weighted by atomic mass is 32.2. The third-order valence-electron chi connectivity index (χ3n) is 5.56. The SMILES string of the molecule is CC(=O)O.CCN1CCN(c2nc3ccccn3c(=O)c2/C=C2\SC(=S)N(CC(C)C)C2=O)CC1. The van der Waals surface area contributed by atoms with Crippen LogP contribution in [0.4, 0.5) is 5.82 Å². The number of nitrogens with zero attached hydrogens (tertiary/aromatic N) is 5. The minimum absolute atomic E-state index is 0.136. The van der Waals surface area contributed by atoms with E-state index in [1.54, 1.807) is 17.2 Å². The van der Waals surface area contributed by atoms with Crippen molar-refractivity contribution in [2.75, 3.05) is 44.2 Å². The minimum atomic E-state index is -0.833. The number of likely N-dealkylation sites (N-methyl/N-ethyl adjacent to an activating group) is 1. The third kappa shape index (κ3) is 6.47. The second-order valence-corrected chi connectivity index (χ2v) is 10.4. The number of carboxylic acid groups (broad SMARTS) is 1. The van der Waals surface area contributed by atoms with E-state index in [2.05, 4.69) is 30.6 Å². The molecule has 0 saturated carbocycles. The molecule has 0 bridgehead atoms. The molecule has 2 aromatic heterocycles. The molecule has 0 spiro atoms. The number of hydrogen-bond donors (Lipinski definition) is 1. The van der Waals surface area contributed by atoms with Crippen LogP contribution in [0.2, 0.25) is 0 Å². The summed E-state index contributed by atoms with van der Waals surface area (Å²) in [6.07, 6.45) is 3.40. The number of carbonyl (C=O) groups is 2. The van der Waals surface area contributed by atoms with Crippen LogP contribution in [0.3, 0.4) is 0 Å². The van der Waals surface area contributed by atoms with E-state index >= 15 is 0 Å². The topological polar surface area (TPSA) is 98.5 Å². The minimum Gasteiger partial charge on any atom is -0.481 e. The average molecular weight is 518 g/mol. The summed E-state index contributed by atoms with van der Waals surface area (Å²) in [5.41, 5.74) is 0.872. The normalized spacial score (nSPS) is 17.9. The van der Waals surface area contributed by atoms with Crippen LogP contribution in [0.15, 0.2) is 34.1 Å². The Morgan fingerprint density at radius 3 is 2.49 bits per heavy atom. The van der Waals surface area contributed by atoms with Gasteiger partial charge in [-0.2, -0.15) is 0 Å². The van der Waals surface area contributed by atoms with Gasteiger partial charge in [-0.15, -0.1) is 0 Å². The van der Waals surface area contributed by atoms with Crippen LogP contribution in [0.5, 0.6) is 0 Å². The molecule has 9 nitrogen and oxygen atoms in total. The van der Waals surface area contributed by atoms with E-state index in [1.807, 2.05) is 18.2 Å². The standard InChI is InChI=1S/C22H27N5O2S2.C2H4O2/c1-4-24-9-11-25(12-10-24)19-16(20(28)26-8-6-5-7-18(26)23-19)13-17-21(29)27(14-15(2)3)22(30)31-17;1-2(3)4/h5-8,13,15H,4,9-12,14H2,1-3H3;1H3,(H,3,4)/b17-13-;. The first-order valence-electron chi connectivity index (χ1n) is 11.6. The lowest BCUT2D eigenvalue weighted by molar-refractivity contribution is -0.134. The van der Waals surface area contributed by atoms with Crippen molar-refractivity contribution < 1.29 is 14.7 Å². The van der Waals surface area contributed by atoms with E-state index in [0.29, 0.717) is 38.7 Å². The molecule has 1 amide bonds. The van der Waals surface area contributed by atoms with Gasteiger partial charge in [0, 0.05) is 45.8 Å². The summed E-state index contributed by atoms with van der Waals surface area (Å²) in [5, 5.41) is 7.42. The highest BCUT2D eigenvalue weighted by Gasteiger charge is 2.33. The molecule has 0 aliphatic carbocycles. The number of fused-ring (bicyclic) bond motifs is 1. The molecule has 188 valence electrons. The molecule has 2 saturated heterocycles.